The second kappa shape index (κ2) is 7.32. The number of alkyl halides is 2. The Hall–Kier alpha value is -1.86. The monoisotopic (exact) mass is 466 g/mol. The average molecular weight is 467 g/mol. The molecule has 8 heteroatoms. The minimum absolute atomic E-state index is 0.00799. The first-order valence-corrected chi connectivity index (χ1v) is 11.4. The van der Waals surface area contributed by atoms with Gasteiger partial charge in [0.25, 0.3) is 0 Å². The number of benzene rings is 1. The Kier molecular flexibility index (Phi) is 5.02. The lowest BCUT2D eigenvalue weighted by Crippen LogP contribution is -2.66. The molecule has 5 aliphatic rings. The van der Waals surface area contributed by atoms with Crippen molar-refractivity contribution in [2.24, 2.45) is 16.7 Å². The standard InChI is InChI=1S/C24H25ClF2O5/c1-22(26,27)32-15-4-13(5-15)6-21(30)24-10-23(11-24,12-24)9-18(29)20-8-17(28)16-7-14(25)2-3-19(16)31-20/h2-3,7,13,15,20H,4-6,8-12H2,1H3/t13?,15?,20-,23?,24?/m1/s1. The van der Waals surface area contributed by atoms with E-state index in [1.807, 2.05) is 0 Å². The number of hydrogen-bond acceptors (Lipinski definition) is 5. The van der Waals surface area contributed by atoms with Crippen LogP contribution in [-0.4, -0.2) is 35.7 Å². The molecular weight excluding hydrogens is 442 g/mol. The van der Waals surface area contributed by atoms with Gasteiger partial charge in [-0.25, -0.2) is 0 Å². The summed E-state index contributed by atoms with van der Waals surface area (Å²) < 4.78 is 36.2. The molecule has 6 rings (SSSR count). The Labute approximate surface area is 189 Å². The van der Waals surface area contributed by atoms with Crippen molar-refractivity contribution in [1.82, 2.24) is 0 Å². The van der Waals surface area contributed by atoms with Crippen LogP contribution in [0.4, 0.5) is 8.78 Å². The SMILES string of the molecule is CC(F)(F)OC1CC(CC(=O)C23CC(CC(=O)[C@H]4CC(=O)c5cc(Cl)ccc5O4)(C2)C3)C1. The van der Waals surface area contributed by atoms with Crippen LogP contribution in [0.25, 0.3) is 0 Å². The van der Waals surface area contributed by atoms with Gasteiger partial charge in [-0.2, -0.15) is 8.78 Å². The number of ketones is 3. The van der Waals surface area contributed by atoms with Crippen LogP contribution in [0, 0.1) is 16.7 Å². The second-order valence-corrected chi connectivity index (χ2v) is 10.8. The lowest BCUT2D eigenvalue weighted by atomic mass is 9.32. The van der Waals surface area contributed by atoms with E-state index in [4.69, 9.17) is 16.3 Å². The van der Waals surface area contributed by atoms with Crippen LogP contribution in [0.15, 0.2) is 18.2 Å². The van der Waals surface area contributed by atoms with E-state index in [0.717, 1.165) is 6.92 Å². The predicted octanol–water partition coefficient (Wildman–Crippen LogP) is 5.17. The molecule has 2 bridgehead atoms. The topological polar surface area (TPSA) is 69.7 Å². The molecule has 1 aromatic carbocycles. The maximum atomic E-state index is 12.9. The van der Waals surface area contributed by atoms with Crippen molar-refractivity contribution in [3.63, 3.8) is 0 Å². The van der Waals surface area contributed by atoms with Gasteiger partial charge >= 0.3 is 6.11 Å². The van der Waals surface area contributed by atoms with Gasteiger partial charge in [0.15, 0.2) is 17.7 Å². The van der Waals surface area contributed by atoms with Crippen molar-refractivity contribution in [3.05, 3.63) is 28.8 Å². The van der Waals surface area contributed by atoms with E-state index >= 15 is 0 Å². The highest BCUT2D eigenvalue weighted by Crippen LogP contribution is 2.75. The molecule has 1 aliphatic heterocycles. The highest BCUT2D eigenvalue weighted by atomic mass is 35.5. The highest BCUT2D eigenvalue weighted by molar-refractivity contribution is 6.31. The summed E-state index contributed by atoms with van der Waals surface area (Å²) in [6.45, 7) is 0.733. The zero-order valence-corrected chi connectivity index (χ0v) is 18.6. The van der Waals surface area contributed by atoms with Gasteiger partial charge in [0.05, 0.1) is 18.1 Å². The molecule has 32 heavy (non-hydrogen) atoms. The summed E-state index contributed by atoms with van der Waals surface area (Å²) in [5.74, 6) is 0.432. The molecule has 0 saturated heterocycles. The number of rotatable bonds is 8. The molecule has 4 saturated carbocycles. The number of carbonyl (C=O) groups excluding carboxylic acids is 3. The molecule has 0 radical (unpaired) electrons. The van der Waals surface area contributed by atoms with Gasteiger partial charge in [-0.3, -0.25) is 14.4 Å². The fraction of sp³-hybridized carbons (Fsp3) is 0.625. The fourth-order valence-corrected chi connectivity index (χ4v) is 6.32. The van der Waals surface area contributed by atoms with Gasteiger partial charge in [-0.1, -0.05) is 11.6 Å². The number of carbonyl (C=O) groups is 3. The van der Waals surface area contributed by atoms with Crippen LogP contribution in [0.1, 0.15) is 68.6 Å². The normalized spacial score (nSPS) is 35.0. The number of halogens is 3. The molecule has 172 valence electrons. The van der Waals surface area contributed by atoms with E-state index in [1.54, 1.807) is 18.2 Å². The van der Waals surface area contributed by atoms with E-state index in [9.17, 15) is 23.2 Å². The Balaban J connectivity index is 1.10. The Morgan fingerprint density at radius 2 is 1.94 bits per heavy atom. The Bertz CT molecular complexity index is 975. The third-order valence-corrected chi connectivity index (χ3v) is 7.80. The fourth-order valence-electron chi connectivity index (χ4n) is 6.15. The lowest BCUT2D eigenvalue weighted by molar-refractivity contribution is -0.269. The van der Waals surface area contributed by atoms with Gasteiger partial charge in [-0.15, -0.1) is 0 Å². The maximum Gasteiger partial charge on any atom is 0.353 e. The van der Waals surface area contributed by atoms with Crippen LogP contribution in [0.2, 0.25) is 5.02 Å². The molecule has 0 aromatic heterocycles. The van der Waals surface area contributed by atoms with Crippen molar-refractivity contribution in [1.29, 1.82) is 0 Å². The summed E-state index contributed by atoms with van der Waals surface area (Å²) in [6.07, 6.45) is -0.603. The summed E-state index contributed by atoms with van der Waals surface area (Å²) >= 11 is 5.94. The van der Waals surface area contributed by atoms with E-state index < -0.39 is 18.3 Å². The molecule has 0 unspecified atom stereocenters. The highest BCUT2D eigenvalue weighted by Gasteiger charge is 2.71. The summed E-state index contributed by atoms with van der Waals surface area (Å²) in [7, 11) is 0. The third-order valence-electron chi connectivity index (χ3n) is 7.56. The van der Waals surface area contributed by atoms with Crippen LogP contribution in [0.5, 0.6) is 5.75 Å². The summed E-state index contributed by atoms with van der Waals surface area (Å²) in [5.41, 5.74) is -0.0921. The molecule has 4 aliphatic carbocycles. The van der Waals surface area contributed by atoms with Crippen LogP contribution >= 0.6 is 11.6 Å². The average Bonchev–Trinajstić information content (AvgIpc) is 2.60. The predicted molar refractivity (Wildman–Crippen MR) is 111 cm³/mol. The summed E-state index contributed by atoms with van der Waals surface area (Å²) in [4.78, 5) is 38.0. The van der Waals surface area contributed by atoms with Crippen molar-refractivity contribution >= 4 is 29.0 Å². The number of ether oxygens (including phenoxy) is 2. The van der Waals surface area contributed by atoms with Crippen molar-refractivity contribution in [2.45, 2.75) is 76.6 Å². The minimum Gasteiger partial charge on any atom is -0.481 e. The van der Waals surface area contributed by atoms with Gasteiger partial charge in [0.1, 0.15) is 11.5 Å². The van der Waals surface area contributed by atoms with Gasteiger partial charge < -0.3 is 9.47 Å². The Morgan fingerprint density at radius 3 is 2.59 bits per heavy atom. The number of fused-ring (bicyclic) bond motifs is 1. The molecule has 1 heterocycles. The first-order chi connectivity index (χ1) is 15.0. The van der Waals surface area contributed by atoms with Crippen LogP contribution < -0.4 is 4.74 Å². The minimum atomic E-state index is -3.13. The van der Waals surface area contributed by atoms with E-state index in [1.165, 1.54) is 0 Å². The second-order valence-electron chi connectivity index (χ2n) is 10.3. The molecule has 0 amide bonds. The molecule has 1 aromatic rings. The Morgan fingerprint density at radius 1 is 1.25 bits per heavy atom. The zero-order valence-electron chi connectivity index (χ0n) is 17.8. The summed E-state index contributed by atoms with van der Waals surface area (Å²) in [6, 6.07) is 4.79. The smallest absolute Gasteiger partial charge is 0.353 e. The van der Waals surface area contributed by atoms with Crippen molar-refractivity contribution in [3.8, 4) is 5.75 Å². The van der Waals surface area contributed by atoms with Gasteiger partial charge in [0, 0.05) is 30.2 Å². The van der Waals surface area contributed by atoms with E-state index in [0.29, 0.717) is 61.3 Å². The summed E-state index contributed by atoms with van der Waals surface area (Å²) in [5, 5.41) is 0.447. The van der Waals surface area contributed by atoms with Gasteiger partial charge in [-0.05, 0) is 61.6 Å². The first kappa shape index (κ1) is 22.0. The maximum absolute atomic E-state index is 12.9. The zero-order chi connectivity index (χ0) is 22.9. The number of hydrogen-bond donors (Lipinski definition) is 0. The quantitative estimate of drug-likeness (QED) is 0.528. The molecule has 1 atom stereocenters. The molecule has 5 nitrogen and oxygen atoms in total. The third kappa shape index (κ3) is 3.87. The molecule has 0 spiro atoms. The van der Waals surface area contributed by atoms with E-state index in [-0.39, 0.29) is 40.5 Å². The lowest BCUT2D eigenvalue weighted by Gasteiger charge is -2.70. The molecular formula is C24H25ClF2O5. The van der Waals surface area contributed by atoms with Crippen LogP contribution in [-0.2, 0) is 14.3 Å². The van der Waals surface area contributed by atoms with E-state index in [2.05, 4.69) is 4.74 Å². The van der Waals surface area contributed by atoms with Gasteiger partial charge in [0.2, 0.25) is 0 Å². The molecule has 4 fully saturated rings. The number of Topliss-reactive ketones (excluding diaryl/α,β-unsaturated/α-hetero) is 3. The first-order valence-electron chi connectivity index (χ1n) is 11.1. The van der Waals surface area contributed by atoms with Crippen molar-refractivity contribution in [2.75, 3.05) is 0 Å². The van der Waals surface area contributed by atoms with Crippen LogP contribution in [0.3, 0.4) is 0 Å². The molecule has 0 N–H and O–H groups in total. The van der Waals surface area contributed by atoms with Crippen molar-refractivity contribution < 1.29 is 32.6 Å². The largest absolute Gasteiger partial charge is 0.481 e.